The minimum absolute atomic E-state index is 0.0630. The van der Waals surface area contributed by atoms with Gasteiger partial charge in [-0.3, -0.25) is 0 Å². The van der Waals surface area contributed by atoms with Gasteiger partial charge in [0.15, 0.2) is 0 Å². The van der Waals surface area contributed by atoms with Gasteiger partial charge in [-0.25, -0.2) is 4.79 Å². The average molecular weight is 387 g/mol. The minimum atomic E-state index is -2.99. The predicted molar refractivity (Wildman–Crippen MR) is 93.1 cm³/mol. The van der Waals surface area contributed by atoms with Crippen LogP contribution in [0, 0.1) is 0 Å². The van der Waals surface area contributed by atoms with Gasteiger partial charge < -0.3 is 25.2 Å². The normalized spacial score (nSPS) is 11.8. The third-order valence-corrected chi connectivity index (χ3v) is 3.66. The summed E-state index contributed by atoms with van der Waals surface area (Å²) in [5.74, 6) is 0.308. The van der Waals surface area contributed by atoms with Crippen LogP contribution in [0.5, 0.6) is 11.5 Å². The van der Waals surface area contributed by atoms with Gasteiger partial charge in [-0.2, -0.15) is 8.78 Å². The molecule has 0 aromatic heterocycles. The summed E-state index contributed by atoms with van der Waals surface area (Å²) in [5, 5.41) is 15.1. The molecule has 0 aliphatic heterocycles. The van der Waals surface area contributed by atoms with Crippen LogP contribution in [0.25, 0.3) is 0 Å². The van der Waals surface area contributed by atoms with Crippen LogP contribution in [-0.2, 0) is 0 Å². The molecule has 0 radical (unpaired) electrons. The molecule has 6 nitrogen and oxygen atoms in total. The van der Waals surface area contributed by atoms with Crippen LogP contribution < -0.4 is 20.1 Å². The van der Waals surface area contributed by atoms with Crippen molar-refractivity contribution < 1.29 is 28.2 Å². The van der Waals surface area contributed by atoms with E-state index in [1.54, 1.807) is 24.3 Å². The third-order valence-electron chi connectivity index (χ3n) is 3.36. The molecule has 9 heteroatoms. The first-order chi connectivity index (χ1) is 12.4. The number of halogens is 3. The number of carbonyl (C=O) groups is 1. The molecule has 0 spiro atoms. The van der Waals surface area contributed by atoms with Gasteiger partial charge >= 0.3 is 12.6 Å². The Morgan fingerprint density at radius 2 is 1.96 bits per heavy atom. The van der Waals surface area contributed by atoms with E-state index in [-0.39, 0.29) is 23.0 Å². The highest BCUT2D eigenvalue weighted by molar-refractivity contribution is 6.32. The van der Waals surface area contributed by atoms with E-state index in [1.807, 2.05) is 0 Å². The minimum Gasteiger partial charge on any atom is -0.496 e. The molecule has 0 fully saturated rings. The largest absolute Gasteiger partial charge is 0.496 e. The highest BCUT2D eigenvalue weighted by atomic mass is 35.5. The standard InChI is InChI=1S/C17H17ClF2N2O4/c1-25-14-5-3-2-4-11(14)13(23)9-21-17(24)22-10-6-7-15(12(18)8-10)26-16(19)20/h2-8,13,16,23H,9H2,1H3,(H2,21,22,24)/t13-/m0/s1. The van der Waals surface area contributed by atoms with Crippen molar-refractivity contribution in [2.24, 2.45) is 0 Å². The van der Waals surface area contributed by atoms with Crippen molar-refractivity contribution in [2.75, 3.05) is 19.0 Å². The number of ether oxygens (including phenoxy) is 2. The van der Waals surface area contributed by atoms with E-state index < -0.39 is 18.7 Å². The molecule has 1 atom stereocenters. The van der Waals surface area contributed by atoms with Crippen LogP contribution in [0.4, 0.5) is 19.3 Å². The fraction of sp³-hybridized carbons (Fsp3) is 0.235. The molecular formula is C17H17ClF2N2O4. The molecule has 2 rings (SSSR count). The van der Waals surface area contributed by atoms with Gasteiger partial charge in [0.05, 0.1) is 18.2 Å². The zero-order chi connectivity index (χ0) is 19.1. The molecule has 0 saturated heterocycles. The Labute approximate surface area is 153 Å². The smallest absolute Gasteiger partial charge is 0.387 e. The number of rotatable bonds is 7. The molecule has 0 saturated carbocycles. The molecule has 2 amide bonds. The number of urea groups is 1. The third kappa shape index (κ3) is 5.47. The molecule has 0 unspecified atom stereocenters. The van der Waals surface area contributed by atoms with Crippen LogP contribution in [0.15, 0.2) is 42.5 Å². The van der Waals surface area contributed by atoms with Crippen LogP contribution in [-0.4, -0.2) is 31.4 Å². The second-order valence-electron chi connectivity index (χ2n) is 5.12. The van der Waals surface area contributed by atoms with Crippen molar-refractivity contribution >= 4 is 23.3 Å². The van der Waals surface area contributed by atoms with Gasteiger partial charge in [0.25, 0.3) is 0 Å². The molecule has 0 aliphatic carbocycles. The van der Waals surface area contributed by atoms with Crippen molar-refractivity contribution in [3.63, 3.8) is 0 Å². The van der Waals surface area contributed by atoms with E-state index in [0.717, 1.165) is 0 Å². The molecule has 3 N–H and O–H groups in total. The van der Waals surface area contributed by atoms with Crippen LogP contribution >= 0.6 is 11.6 Å². The summed E-state index contributed by atoms with van der Waals surface area (Å²) in [5.41, 5.74) is 0.813. The molecule has 26 heavy (non-hydrogen) atoms. The van der Waals surface area contributed by atoms with E-state index >= 15 is 0 Å². The maximum absolute atomic E-state index is 12.2. The highest BCUT2D eigenvalue weighted by Gasteiger charge is 2.14. The fourth-order valence-electron chi connectivity index (χ4n) is 2.19. The molecule has 2 aromatic carbocycles. The van der Waals surface area contributed by atoms with Crippen molar-refractivity contribution in [3.05, 3.63) is 53.1 Å². The fourth-order valence-corrected chi connectivity index (χ4v) is 2.41. The van der Waals surface area contributed by atoms with E-state index in [1.165, 1.54) is 25.3 Å². The Morgan fingerprint density at radius 3 is 2.62 bits per heavy atom. The summed E-state index contributed by atoms with van der Waals surface area (Å²) < 4.78 is 33.7. The number of anilines is 1. The Balaban J connectivity index is 1.91. The topological polar surface area (TPSA) is 79.8 Å². The van der Waals surface area contributed by atoms with E-state index in [9.17, 15) is 18.7 Å². The molecule has 0 bridgehead atoms. The molecule has 140 valence electrons. The summed E-state index contributed by atoms with van der Waals surface area (Å²) in [6.45, 7) is -3.06. The van der Waals surface area contributed by atoms with Gasteiger partial charge in [-0.05, 0) is 24.3 Å². The quantitative estimate of drug-likeness (QED) is 0.676. The second-order valence-corrected chi connectivity index (χ2v) is 5.52. The predicted octanol–water partition coefficient (Wildman–Crippen LogP) is 3.81. The Bertz CT molecular complexity index is 761. The first kappa shape index (κ1) is 19.7. The average Bonchev–Trinajstić information content (AvgIpc) is 2.61. The summed E-state index contributed by atoms with van der Waals surface area (Å²) in [4.78, 5) is 11.9. The number of aliphatic hydroxyl groups excluding tert-OH is 1. The van der Waals surface area contributed by atoms with E-state index in [4.69, 9.17) is 16.3 Å². The van der Waals surface area contributed by atoms with Crippen LogP contribution in [0.1, 0.15) is 11.7 Å². The number of methoxy groups -OCH3 is 1. The summed E-state index contributed by atoms with van der Waals surface area (Å²) >= 11 is 5.81. The van der Waals surface area contributed by atoms with Gasteiger partial charge in [-0.1, -0.05) is 29.8 Å². The first-order valence-corrected chi connectivity index (χ1v) is 7.88. The lowest BCUT2D eigenvalue weighted by molar-refractivity contribution is -0.0497. The Hall–Kier alpha value is -2.58. The number of hydrogen-bond acceptors (Lipinski definition) is 4. The lowest BCUT2D eigenvalue weighted by Gasteiger charge is -2.16. The van der Waals surface area contributed by atoms with Crippen LogP contribution in [0.3, 0.4) is 0 Å². The number of hydrogen-bond donors (Lipinski definition) is 3. The molecule has 2 aromatic rings. The van der Waals surface area contributed by atoms with E-state index in [2.05, 4.69) is 15.4 Å². The number of para-hydroxylation sites is 1. The second kappa shape index (κ2) is 9.21. The number of alkyl halides is 2. The lowest BCUT2D eigenvalue weighted by atomic mass is 10.1. The molecule has 0 aliphatic rings. The monoisotopic (exact) mass is 386 g/mol. The number of amides is 2. The first-order valence-electron chi connectivity index (χ1n) is 7.51. The SMILES string of the molecule is COc1ccccc1[C@@H](O)CNC(=O)Nc1ccc(OC(F)F)c(Cl)c1. The summed E-state index contributed by atoms with van der Waals surface area (Å²) in [6.07, 6.45) is -0.970. The van der Waals surface area contributed by atoms with Gasteiger partial charge in [0, 0.05) is 17.8 Å². The van der Waals surface area contributed by atoms with Gasteiger partial charge in [-0.15, -0.1) is 0 Å². The lowest BCUT2D eigenvalue weighted by Crippen LogP contribution is -2.32. The van der Waals surface area contributed by atoms with Crippen molar-refractivity contribution in [1.29, 1.82) is 0 Å². The Kier molecular flexibility index (Phi) is 6.99. The Morgan fingerprint density at radius 1 is 1.23 bits per heavy atom. The maximum Gasteiger partial charge on any atom is 0.387 e. The maximum atomic E-state index is 12.2. The zero-order valence-corrected chi connectivity index (χ0v) is 14.5. The number of aliphatic hydroxyl groups is 1. The highest BCUT2D eigenvalue weighted by Crippen LogP contribution is 2.29. The van der Waals surface area contributed by atoms with Crippen molar-refractivity contribution in [3.8, 4) is 11.5 Å². The summed E-state index contributed by atoms with van der Waals surface area (Å²) in [6, 6.07) is 10.1. The van der Waals surface area contributed by atoms with Gasteiger partial charge in [0.1, 0.15) is 11.5 Å². The number of nitrogens with one attached hydrogen (secondary N) is 2. The summed E-state index contributed by atoms with van der Waals surface area (Å²) in [7, 11) is 1.48. The van der Waals surface area contributed by atoms with Crippen LogP contribution in [0.2, 0.25) is 5.02 Å². The number of benzene rings is 2. The van der Waals surface area contributed by atoms with Crippen molar-refractivity contribution in [1.82, 2.24) is 5.32 Å². The molecular weight excluding hydrogens is 370 g/mol. The molecule has 0 heterocycles. The van der Waals surface area contributed by atoms with Crippen molar-refractivity contribution in [2.45, 2.75) is 12.7 Å². The number of carbonyl (C=O) groups excluding carboxylic acids is 1. The zero-order valence-electron chi connectivity index (χ0n) is 13.7. The van der Waals surface area contributed by atoms with Gasteiger partial charge in [0.2, 0.25) is 0 Å². The van der Waals surface area contributed by atoms with E-state index in [0.29, 0.717) is 11.3 Å².